The number of likely N-dealkylation sites (tertiary alicyclic amines) is 1. The first-order valence-electron chi connectivity index (χ1n) is 22.5. The number of nitrogens with zero attached hydrogens (tertiary/aromatic N) is 4. The lowest BCUT2D eigenvalue weighted by atomic mass is 9.91. The largest absolute Gasteiger partial charge is 0.483 e. The Morgan fingerprint density at radius 1 is 0.941 bits per heavy atom. The van der Waals surface area contributed by atoms with E-state index >= 15 is 0 Å². The number of amides is 4. The number of imidazole rings is 2. The third kappa shape index (κ3) is 11.4. The molecule has 2 aliphatic rings. The summed E-state index contributed by atoms with van der Waals surface area (Å²) >= 11 is 0. The molecule has 1 fully saturated rings. The van der Waals surface area contributed by atoms with Crippen LogP contribution in [0.2, 0.25) is 0 Å². The molecule has 4 N–H and O–H groups in total. The van der Waals surface area contributed by atoms with Crippen molar-refractivity contribution in [3.63, 3.8) is 0 Å². The fourth-order valence-corrected chi connectivity index (χ4v) is 8.86. The van der Waals surface area contributed by atoms with Gasteiger partial charge in [0.15, 0.2) is 6.61 Å². The Hall–Kier alpha value is -6.89. The van der Waals surface area contributed by atoms with Crippen LogP contribution in [0.1, 0.15) is 57.7 Å². The Labute approximate surface area is 391 Å². The Balaban J connectivity index is 1.15. The first-order valence-corrected chi connectivity index (χ1v) is 22.5. The van der Waals surface area contributed by atoms with Crippen LogP contribution in [0.15, 0.2) is 79.0 Å². The number of aromatic nitrogens is 4. The number of allylic oxidation sites excluding steroid dienone is 3. The molecule has 0 radical (unpaired) electrons. The maximum atomic E-state index is 14.1. The molecule has 0 spiro atoms. The van der Waals surface area contributed by atoms with Gasteiger partial charge in [-0.25, -0.2) is 19.6 Å². The second kappa shape index (κ2) is 21.4. The highest BCUT2D eigenvalue weighted by molar-refractivity contribution is 6.05. The summed E-state index contributed by atoms with van der Waals surface area (Å²) in [5.74, 6) is -0.118. The van der Waals surface area contributed by atoms with Gasteiger partial charge in [0, 0.05) is 42.6 Å². The molecule has 3 heterocycles. The van der Waals surface area contributed by atoms with Gasteiger partial charge in [0.1, 0.15) is 29.5 Å². The van der Waals surface area contributed by atoms with Crippen LogP contribution in [-0.2, 0) is 30.3 Å². The number of methoxy groups -OCH3 is 3. The highest BCUT2D eigenvalue weighted by Crippen LogP contribution is 2.39. The van der Waals surface area contributed by atoms with E-state index in [1.165, 1.54) is 20.3 Å². The second-order valence-electron chi connectivity index (χ2n) is 17.5. The van der Waals surface area contributed by atoms with Gasteiger partial charge in [-0.1, -0.05) is 69.3 Å². The molecule has 2 aromatic heterocycles. The highest BCUT2D eigenvalue weighted by Gasteiger charge is 2.39. The zero-order chi connectivity index (χ0) is 48.7. The predicted octanol–water partition coefficient (Wildman–Crippen LogP) is 8.23. The summed E-state index contributed by atoms with van der Waals surface area (Å²) < 4.78 is 61.5. The second-order valence-corrected chi connectivity index (χ2v) is 17.5. The van der Waals surface area contributed by atoms with Crippen LogP contribution in [0.3, 0.4) is 0 Å². The van der Waals surface area contributed by atoms with E-state index in [2.05, 4.69) is 25.6 Å². The topological polar surface area (TPSA) is 193 Å². The fraction of sp³-hybridized carbons (Fsp3) is 0.429. The van der Waals surface area contributed by atoms with Crippen LogP contribution in [0.5, 0.6) is 5.75 Å². The van der Waals surface area contributed by atoms with E-state index in [9.17, 15) is 32.3 Å². The molecule has 0 saturated carbocycles. The van der Waals surface area contributed by atoms with Crippen molar-refractivity contribution < 1.29 is 51.3 Å². The lowest BCUT2D eigenvalue weighted by Crippen LogP contribution is -2.52. The van der Waals surface area contributed by atoms with Crippen LogP contribution in [-0.4, -0.2) is 120 Å². The van der Waals surface area contributed by atoms with E-state index in [0.717, 1.165) is 10.8 Å². The Kier molecular flexibility index (Phi) is 15.4. The van der Waals surface area contributed by atoms with Crippen molar-refractivity contribution in [2.75, 3.05) is 47.6 Å². The van der Waals surface area contributed by atoms with Crippen molar-refractivity contribution >= 4 is 45.8 Å². The van der Waals surface area contributed by atoms with Gasteiger partial charge in [0.25, 0.3) is 0 Å². The molecule has 7 rings (SSSR count). The number of alkyl carbamates (subject to hydrolysis) is 2. The van der Waals surface area contributed by atoms with Crippen LogP contribution in [0, 0.1) is 17.8 Å². The standard InChI is InChI=1S/C49H57F3N8O8/c1-28(2)41(57-47(63)66-5)45(61)59(24-29(3)26-65-4)25-40-54-36-19-16-32-21-31(14-18-35(32)43(36)56-40)34-17-15-33(22-39(34)68-27-49(50,51)52)37-23-53-44(55-37)38-13-10-20-60(38)46(62)42(58-48(64)67-6)30-11-8-7-9-12-30/h7-9,11,14-19,21-23,28-30,38,41-42H,10,12-13,20,24-27H2,1-6H3,(H,53,55)(H,54,56)(H,57,63)(H,58,64). The van der Waals surface area contributed by atoms with Crippen molar-refractivity contribution in [2.45, 2.75) is 70.9 Å². The maximum Gasteiger partial charge on any atom is 0.422 e. The van der Waals surface area contributed by atoms with Gasteiger partial charge < -0.3 is 49.3 Å². The number of hydrogen-bond donors (Lipinski definition) is 4. The number of carbonyl (C=O) groups excluding carboxylic acids is 4. The van der Waals surface area contributed by atoms with E-state index < -0.39 is 43.1 Å². The van der Waals surface area contributed by atoms with Crippen LogP contribution in [0.25, 0.3) is 44.2 Å². The zero-order valence-corrected chi connectivity index (χ0v) is 38.8. The average Bonchev–Trinajstić information content (AvgIpc) is 4.11. The molecule has 5 aromatic rings. The number of fused-ring (bicyclic) bond motifs is 3. The summed E-state index contributed by atoms with van der Waals surface area (Å²) in [4.78, 5) is 72.1. The predicted molar refractivity (Wildman–Crippen MR) is 248 cm³/mol. The number of rotatable bonds is 17. The highest BCUT2D eigenvalue weighted by atomic mass is 19.4. The van der Waals surface area contributed by atoms with Gasteiger partial charge in [-0.05, 0) is 66.3 Å². The lowest BCUT2D eigenvalue weighted by Gasteiger charge is -2.31. The van der Waals surface area contributed by atoms with Gasteiger partial charge in [0.2, 0.25) is 11.8 Å². The van der Waals surface area contributed by atoms with Crippen LogP contribution < -0.4 is 15.4 Å². The van der Waals surface area contributed by atoms with E-state index in [1.807, 2.05) is 69.3 Å². The van der Waals surface area contributed by atoms with Crippen LogP contribution in [0.4, 0.5) is 22.8 Å². The molecule has 68 heavy (non-hydrogen) atoms. The number of halogens is 3. The molecule has 5 atom stereocenters. The number of nitrogens with one attached hydrogen (secondary N) is 4. The number of carbonyl (C=O) groups is 4. The van der Waals surface area contributed by atoms with Gasteiger partial charge in [-0.15, -0.1) is 0 Å². The van der Waals surface area contributed by atoms with Crippen molar-refractivity contribution in [1.29, 1.82) is 0 Å². The molecule has 1 aliphatic carbocycles. The van der Waals surface area contributed by atoms with E-state index in [-0.39, 0.29) is 41.9 Å². The molecule has 19 heteroatoms. The summed E-state index contributed by atoms with van der Waals surface area (Å²) in [5, 5.41) is 6.91. The Morgan fingerprint density at radius 3 is 2.41 bits per heavy atom. The number of aromatic amines is 2. The van der Waals surface area contributed by atoms with Crippen molar-refractivity contribution in [3.05, 3.63) is 90.7 Å². The van der Waals surface area contributed by atoms with E-state index in [0.29, 0.717) is 84.0 Å². The number of alkyl halides is 3. The molecular weight excluding hydrogens is 886 g/mol. The number of H-pyrrole nitrogens is 2. The number of hydrogen-bond acceptors (Lipinski definition) is 10. The monoisotopic (exact) mass is 942 g/mol. The molecule has 362 valence electrons. The van der Waals surface area contributed by atoms with E-state index in [4.69, 9.17) is 23.9 Å². The smallest absolute Gasteiger partial charge is 0.422 e. The van der Waals surface area contributed by atoms with E-state index in [1.54, 1.807) is 41.3 Å². The molecule has 0 bridgehead atoms. The molecule has 16 nitrogen and oxygen atoms in total. The number of ether oxygens (including phenoxy) is 4. The average molecular weight is 943 g/mol. The SMILES string of the molecule is COCC(C)CN(Cc1nc2c(ccc3cc(-c4ccc(-c5cnc(C6CCCN6C(=O)C(NC(=O)OC)C6C=CC=CC6)[nH]5)cc4OCC(F)(F)F)ccc32)[nH]1)C(=O)C(NC(=O)OC)C(C)C. The molecule has 3 aromatic carbocycles. The van der Waals surface area contributed by atoms with Crippen LogP contribution >= 0.6 is 0 Å². The van der Waals surface area contributed by atoms with Crippen molar-refractivity contribution in [1.82, 2.24) is 40.4 Å². The minimum atomic E-state index is -4.61. The minimum Gasteiger partial charge on any atom is -0.483 e. The molecule has 4 amide bonds. The van der Waals surface area contributed by atoms with Gasteiger partial charge in [0.05, 0.1) is 56.3 Å². The van der Waals surface area contributed by atoms with Gasteiger partial charge in [-0.3, -0.25) is 9.59 Å². The van der Waals surface area contributed by atoms with Crippen molar-refractivity contribution in [2.24, 2.45) is 17.8 Å². The Morgan fingerprint density at radius 2 is 1.71 bits per heavy atom. The quantitative estimate of drug-likeness (QED) is 0.0706. The third-order valence-corrected chi connectivity index (χ3v) is 12.2. The Bertz CT molecular complexity index is 2680. The summed E-state index contributed by atoms with van der Waals surface area (Å²) in [6.07, 6.45) is 4.94. The summed E-state index contributed by atoms with van der Waals surface area (Å²) in [6, 6.07) is 12.1. The normalized spacial score (nSPS) is 17.3. The molecule has 5 unspecified atom stereocenters. The molecule has 1 aliphatic heterocycles. The molecular formula is C49H57F3N8O8. The third-order valence-electron chi connectivity index (χ3n) is 12.2. The minimum absolute atomic E-state index is 0.00343. The number of benzene rings is 3. The zero-order valence-electron chi connectivity index (χ0n) is 38.8. The first kappa shape index (κ1) is 49.0. The summed E-state index contributed by atoms with van der Waals surface area (Å²) in [7, 11) is 4.07. The molecule has 1 saturated heterocycles. The fourth-order valence-electron chi connectivity index (χ4n) is 8.86. The first-order chi connectivity index (χ1) is 32.6. The summed E-state index contributed by atoms with van der Waals surface area (Å²) in [6.45, 7) is 5.39. The summed E-state index contributed by atoms with van der Waals surface area (Å²) in [5.41, 5.74) is 3.39. The lowest BCUT2D eigenvalue weighted by molar-refractivity contribution is -0.153. The van der Waals surface area contributed by atoms with Crippen molar-refractivity contribution in [3.8, 4) is 28.1 Å². The van der Waals surface area contributed by atoms with Gasteiger partial charge in [-0.2, -0.15) is 13.2 Å². The maximum absolute atomic E-state index is 14.1. The van der Waals surface area contributed by atoms with Gasteiger partial charge >= 0.3 is 18.4 Å².